The van der Waals surface area contributed by atoms with Crippen molar-refractivity contribution >= 4 is 0 Å². The molecule has 0 spiro atoms. The molecule has 262 valence electrons. The van der Waals surface area contributed by atoms with Crippen molar-refractivity contribution in [3.05, 3.63) is 240 Å². The van der Waals surface area contributed by atoms with Crippen LogP contribution in [0.15, 0.2) is 206 Å². The lowest BCUT2D eigenvalue weighted by molar-refractivity contribution is 0.857. The minimum Gasteiger partial charge on any atom is -0.232 e. The van der Waals surface area contributed by atoms with Gasteiger partial charge in [0, 0.05) is 17.0 Å². The molecule has 2 heteroatoms. The van der Waals surface area contributed by atoms with Crippen LogP contribution in [0.2, 0.25) is 0 Å². The van der Waals surface area contributed by atoms with Crippen LogP contribution in [0.25, 0.3) is 67.0 Å². The van der Waals surface area contributed by atoms with Crippen molar-refractivity contribution in [3.8, 4) is 67.0 Å². The monoisotopic (exact) mass is 712 g/mol. The second-order valence-corrected chi connectivity index (χ2v) is 14.8. The molecule has 0 saturated heterocycles. The Hall–Kier alpha value is -7.16. The Balaban J connectivity index is 1.12. The van der Waals surface area contributed by atoms with Crippen LogP contribution in [-0.2, 0) is 0 Å². The molecule has 0 bridgehead atoms. The fraction of sp³-hybridized carbons (Fsp3) is 0.0370. The van der Waals surface area contributed by atoms with Gasteiger partial charge in [0.2, 0.25) is 0 Å². The van der Waals surface area contributed by atoms with Crippen molar-refractivity contribution in [1.29, 1.82) is 0 Å². The van der Waals surface area contributed by atoms with Gasteiger partial charge in [-0.2, -0.15) is 0 Å². The van der Waals surface area contributed by atoms with Crippen LogP contribution in [0.3, 0.4) is 0 Å². The molecule has 9 aromatic rings. The zero-order valence-corrected chi connectivity index (χ0v) is 30.7. The van der Waals surface area contributed by atoms with Gasteiger partial charge in [-0.25, -0.2) is 9.97 Å². The SMILES string of the molecule is c1ccc(-c2ccc(-c3cc(-c4ccc(-c5ccccc5)cc4)nc(C4c5ccccc5-c5ccc6c(c54)C(c4ccccc4)c4ccccc4-6)n3)cc2)cc1. The van der Waals surface area contributed by atoms with Gasteiger partial charge in [0.15, 0.2) is 0 Å². The fourth-order valence-electron chi connectivity index (χ4n) is 9.11. The summed E-state index contributed by atoms with van der Waals surface area (Å²) in [6.45, 7) is 0. The molecule has 0 amide bonds. The maximum Gasteiger partial charge on any atom is 0.141 e. The molecule has 8 aromatic carbocycles. The maximum atomic E-state index is 5.54. The standard InChI is InChI=1S/C54H36N2/c1-4-14-35(15-5-1)37-24-28-39(29-25-37)48-34-49(40-30-26-38(27-31-40)36-16-6-2-7-17-36)56-54(55-48)53-45-23-13-11-21-43(45)47-33-32-46-42-20-10-12-22-44(42)50(51(46)52(47)53)41-18-8-3-9-19-41/h1-34,50,53H. The Labute approximate surface area is 327 Å². The normalized spacial score (nSPS) is 14.8. The molecule has 2 aliphatic rings. The highest BCUT2D eigenvalue weighted by Crippen LogP contribution is 2.58. The number of rotatable bonds is 6. The van der Waals surface area contributed by atoms with E-state index in [2.05, 4.69) is 206 Å². The second kappa shape index (κ2) is 13.3. The molecule has 0 aliphatic heterocycles. The predicted octanol–water partition coefficient (Wildman–Crippen LogP) is 13.5. The first-order chi connectivity index (χ1) is 27.8. The third-order valence-electron chi connectivity index (χ3n) is 11.7. The fourth-order valence-corrected chi connectivity index (χ4v) is 9.11. The van der Waals surface area contributed by atoms with Crippen LogP contribution >= 0.6 is 0 Å². The Kier molecular flexibility index (Phi) is 7.67. The first-order valence-electron chi connectivity index (χ1n) is 19.4. The van der Waals surface area contributed by atoms with E-state index in [4.69, 9.17) is 9.97 Å². The highest BCUT2D eigenvalue weighted by molar-refractivity contribution is 5.91. The molecule has 2 nitrogen and oxygen atoms in total. The first kappa shape index (κ1) is 32.3. The Bertz CT molecular complexity index is 2780. The zero-order chi connectivity index (χ0) is 37.0. The van der Waals surface area contributed by atoms with Gasteiger partial charge in [0.25, 0.3) is 0 Å². The maximum absolute atomic E-state index is 5.54. The number of hydrogen-bond acceptors (Lipinski definition) is 2. The summed E-state index contributed by atoms with van der Waals surface area (Å²) in [6.07, 6.45) is 0. The number of benzene rings is 8. The molecule has 56 heavy (non-hydrogen) atoms. The molecule has 0 saturated carbocycles. The van der Waals surface area contributed by atoms with Gasteiger partial charge in [-0.15, -0.1) is 0 Å². The highest BCUT2D eigenvalue weighted by atomic mass is 14.9. The van der Waals surface area contributed by atoms with Crippen molar-refractivity contribution in [2.24, 2.45) is 0 Å². The summed E-state index contributed by atoms with van der Waals surface area (Å²) in [5.41, 5.74) is 20.4. The Morgan fingerprint density at radius 2 is 0.661 bits per heavy atom. The molecule has 0 fully saturated rings. The zero-order valence-electron chi connectivity index (χ0n) is 30.7. The van der Waals surface area contributed by atoms with Crippen LogP contribution in [0, 0.1) is 0 Å². The Morgan fingerprint density at radius 1 is 0.286 bits per heavy atom. The molecule has 11 rings (SSSR count). The lowest BCUT2D eigenvalue weighted by Gasteiger charge is -2.22. The van der Waals surface area contributed by atoms with Gasteiger partial charge in [-0.3, -0.25) is 0 Å². The van der Waals surface area contributed by atoms with E-state index >= 15 is 0 Å². The van der Waals surface area contributed by atoms with Crippen LogP contribution in [0.5, 0.6) is 0 Å². The van der Waals surface area contributed by atoms with E-state index in [1.807, 2.05) is 0 Å². The highest BCUT2D eigenvalue weighted by Gasteiger charge is 2.41. The number of nitrogens with zero attached hydrogens (tertiary/aromatic N) is 2. The van der Waals surface area contributed by atoms with E-state index in [9.17, 15) is 0 Å². The third kappa shape index (κ3) is 5.33. The molecule has 2 atom stereocenters. The van der Waals surface area contributed by atoms with Crippen molar-refractivity contribution in [2.75, 3.05) is 0 Å². The van der Waals surface area contributed by atoms with Crippen LogP contribution < -0.4 is 0 Å². The average molecular weight is 713 g/mol. The van der Waals surface area contributed by atoms with Crippen LogP contribution in [-0.4, -0.2) is 9.97 Å². The molecule has 2 unspecified atom stereocenters. The molecule has 0 N–H and O–H groups in total. The van der Waals surface area contributed by atoms with Crippen molar-refractivity contribution in [3.63, 3.8) is 0 Å². The topological polar surface area (TPSA) is 25.8 Å². The third-order valence-corrected chi connectivity index (χ3v) is 11.7. The van der Waals surface area contributed by atoms with E-state index in [0.717, 1.165) is 28.3 Å². The van der Waals surface area contributed by atoms with E-state index < -0.39 is 0 Å². The van der Waals surface area contributed by atoms with Crippen molar-refractivity contribution in [2.45, 2.75) is 11.8 Å². The van der Waals surface area contributed by atoms with Gasteiger partial charge in [-0.1, -0.05) is 200 Å². The van der Waals surface area contributed by atoms with Crippen LogP contribution in [0.4, 0.5) is 0 Å². The number of aromatic nitrogens is 2. The van der Waals surface area contributed by atoms with Gasteiger partial charge in [0.1, 0.15) is 5.82 Å². The van der Waals surface area contributed by atoms with Crippen molar-refractivity contribution < 1.29 is 0 Å². The molecular formula is C54H36N2. The largest absolute Gasteiger partial charge is 0.232 e. The summed E-state index contributed by atoms with van der Waals surface area (Å²) in [6, 6.07) is 74.4. The van der Waals surface area contributed by atoms with Gasteiger partial charge in [0.05, 0.1) is 17.3 Å². The summed E-state index contributed by atoms with van der Waals surface area (Å²) in [4.78, 5) is 11.1. The first-order valence-corrected chi connectivity index (χ1v) is 19.4. The number of hydrogen-bond donors (Lipinski definition) is 0. The minimum absolute atomic E-state index is 0.105. The van der Waals surface area contributed by atoms with Gasteiger partial charge in [-0.05, 0) is 78.4 Å². The summed E-state index contributed by atoms with van der Waals surface area (Å²) in [5.74, 6) is 0.773. The lowest BCUT2D eigenvalue weighted by atomic mass is 9.82. The van der Waals surface area contributed by atoms with E-state index in [1.165, 1.54) is 72.3 Å². The molecule has 1 heterocycles. The predicted molar refractivity (Wildman–Crippen MR) is 229 cm³/mol. The quantitative estimate of drug-likeness (QED) is 0.172. The van der Waals surface area contributed by atoms with E-state index in [-0.39, 0.29) is 11.8 Å². The Morgan fingerprint density at radius 3 is 1.16 bits per heavy atom. The molecule has 1 aromatic heterocycles. The summed E-state index contributed by atoms with van der Waals surface area (Å²) < 4.78 is 0. The number of fused-ring (bicyclic) bond motifs is 7. The summed E-state index contributed by atoms with van der Waals surface area (Å²) in [7, 11) is 0. The van der Waals surface area contributed by atoms with E-state index in [0.29, 0.717) is 0 Å². The average Bonchev–Trinajstić information content (AvgIpc) is 3.80. The smallest absolute Gasteiger partial charge is 0.141 e. The second-order valence-electron chi connectivity index (χ2n) is 14.8. The molecular weight excluding hydrogens is 677 g/mol. The van der Waals surface area contributed by atoms with Gasteiger partial charge < -0.3 is 0 Å². The van der Waals surface area contributed by atoms with Gasteiger partial charge >= 0.3 is 0 Å². The lowest BCUT2D eigenvalue weighted by Crippen LogP contribution is -2.11. The van der Waals surface area contributed by atoms with Crippen LogP contribution in [0.1, 0.15) is 45.5 Å². The summed E-state index contributed by atoms with van der Waals surface area (Å²) >= 11 is 0. The summed E-state index contributed by atoms with van der Waals surface area (Å²) in [5, 5.41) is 0. The van der Waals surface area contributed by atoms with Crippen molar-refractivity contribution in [1.82, 2.24) is 9.97 Å². The van der Waals surface area contributed by atoms with E-state index in [1.54, 1.807) is 0 Å². The molecule has 2 aliphatic carbocycles. The minimum atomic E-state index is -0.150. The molecule has 0 radical (unpaired) electrons.